The number of aliphatic hydroxyl groups is 1. The molecule has 0 unspecified atom stereocenters. The number of hydrogen-bond acceptors (Lipinski definition) is 11. The molecule has 39 heavy (non-hydrogen) atoms. The minimum Gasteiger partial charge on any atom is -0.484 e. The number of rotatable bonds is 6. The topological polar surface area (TPSA) is 138 Å². The number of thiazole rings is 1. The number of aromatic nitrogens is 4. The van der Waals surface area contributed by atoms with E-state index in [4.69, 9.17) is 23.9 Å². The standard InChI is InChI=1S/C27H23N5O6S/c1-14-6-20-24(36-12-17(38-20)13-37-27(34)30-16-4-3-5-28-9-16)25-22(14)32-26(39-25)18-7-15(11-33)8-19-23(18)29-10-21(31-19)35-2/h3-10,17,33H,11-13H2,1-2H3,(H,30,34)/t17-/m1/s1. The highest BCUT2D eigenvalue weighted by Gasteiger charge is 2.27. The number of amides is 1. The van der Waals surface area contributed by atoms with Crippen LogP contribution in [0.5, 0.6) is 17.4 Å². The van der Waals surface area contributed by atoms with E-state index in [0.29, 0.717) is 44.7 Å². The van der Waals surface area contributed by atoms with Gasteiger partial charge in [-0.05, 0) is 48.4 Å². The van der Waals surface area contributed by atoms with Crippen LogP contribution >= 0.6 is 11.3 Å². The average molecular weight is 546 g/mol. The van der Waals surface area contributed by atoms with Gasteiger partial charge in [-0.25, -0.2) is 19.7 Å². The molecule has 0 aliphatic carbocycles. The summed E-state index contributed by atoms with van der Waals surface area (Å²) in [6.45, 7) is 2.01. The van der Waals surface area contributed by atoms with Gasteiger partial charge in [-0.3, -0.25) is 10.3 Å². The van der Waals surface area contributed by atoms with Gasteiger partial charge in [0, 0.05) is 11.8 Å². The molecule has 2 aromatic carbocycles. The third-order valence-electron chi connectivity index (χ3n) is 6.10. The van der Waals surface area contributed by atoms with E-state index in [9.17, 15) is 9.90 Å². The minimum absolute atomic E-state index is 0.0125. The third-order valence-corrected chi connectivity index (χ3v) is 7.19. The second-order valence-electron chi connectivity index (χ2n) is 8.82. The maximum absolute atomic E-state index is 12.1. The Kier molecular flexibility index (Phi) is 6.55. The Bertz CT molecular complexity index is 1690. The molecule has 1 atom stereocenters. The van der Waals surface area contributed by atoms with Crippen molar-refractivity contribution in [3.63, 3.8) is 0 Å². The lowest BCUT2D eigenvalue weighted by molar-refractivity contribution is 0.0383. The molecule has 2 N–H and O–H groups in total. The summed E-state index contributed by atoms with van der Waals surface area (Å²) in [6.07, 6.45) is 3.63. The van der Waals surface area contributed by atoms with E-state index in [2.05, 4.69) is 20.3 Å². The van der Waals surface area contributed by atoms with E-state index >= 15 is 0 Å². The Balaban J connectivity index is 1.27. The van der Waals surface area contributed by atoms with Crippen LogP contribution < -0.4 is 19.5 Å². The number of nitrogens with zero attached hydrogens (tertiary/aromatic N) is 4. The molecule has 1 aliphatic heterocycles. The third kappa shape index (κ3) is 4.87. The maximum Gasteiger partial charge on any atom is 0.411 e. The number of carbonyl (C=O) groups is 1. The zero-order chi connectivity index (χ0) is 26.9. The van der Waals surface area contributed by atoms with Gasteiger partial charge in [-0.2, -0.15) is 0 Å². The van der Waals surface area contributed by atoms with E-state index in [-0.39, 0.29) is 19.8 Å². The van der Waals surface area contributed by atoms with Crippen LogP contribution in [0, 0.1) is 6.92 Å². The number of ether oxygens (including phenoxy) is 4. The molecule has 12 heteroatoms. The number of fused-ring (bicyclic) bond motifs is 4. The Morgan fingerprint density at radius 3 is 2.92 bits per heavy atom. The van der Waals surface area contributed by atoms with E-state index in [1.807, 2.05) is 19.1 Å². The molecule has 198 valence electrons. The van der Waals surface area contributed by atoms with Gasteiger partial charge in [-0.1, -0.05) is 0 Å². The first-order valence-electron chi connectivity index (χ1n) is 12.0. The van der Waals surface area contributed by atoms with Crippen molar-refractivity contribution in [1.82, 2.24) is 19.9 Å². The number of carbonyl (C=O) groups excluding carboxylic acids is 1. The molecule has 0 fully saturated rings. The minimum atomic E-state index is -0.603. The van der Waals surface area contributed by atoms with Gasteiger partial charge in [0.2, 0.25) is 5.88 Å². The quantitative estimate of drug-likeness (QED) is 0.314. The molecule has 0 saturated heterocycles. The molecule has 0 spiro atoms. The van der Waals surface area contributed by atoms with Crippen LogP contribution in [0.4, 0.5) is 10.5 Å². The highest BCUT2D eigenvalue weighted by Crippen LogP contribution is 2.46. The number of aliphatic hydroxyl groups excluding tert-OH is 1. The predicted molar refractivity (Wildman–Crippen MR) is 144 cm³/mol. The molecule has 0 saturated carbocycles. The largest absolute Gasteiger partial charge is 0.484 e. The van der Waals surface area contributed by atoms with Gasteiger partial charge in [0.15, 0.2) is 17.6 Å². The van der Waals surface area contributed by atoms with Gasteiger partial charge in [0.05, 0.1) is 48.3 Å². The van der Waals surface area contributed by atoms with Gasteiger partial charge < -0.3 is 24.1 Å². The fraction of sp³-hybridized carbons (Fsp3) is 0.222. The number of aryl methyl sites for hydroxylation is 1. The van der Waals surface area contributed by atoms with Crippen molar-refractivity contribution >= 4 is 44.4 Å². The van der Waals surface area contributed by atoms with Crippen LogP contribution in [0.25, 0.3) is 31.8 Å². The molecular formula is C27H23N5O6S. The predicted octanol–water partition coefficient (Wildman–Crippen LogP) is 4.50. The lowest BCUT2D eigenvalue weighted by atomic mass is 10.1. The van der Waals surface area contributed by atoms with Gasteiger partial charge >= 0.3 is 6.09 Å². The molecule has 4 heterocycles. The Morgan fingerprint density at radius 1 is 1.23 bits per heavy atom. The summed E-state index contributed by atoms with van der Waals surface area (Å²) in [4.78, 5) is 30.0. The molecule has 6 rings (SSSR count). The van der Waals surface area contributed by atoms with Crippen LogP contribution in [0.15, 0.2) is 48.9 Å². The summed E-state index contributed by atoms with van der Waals surface area (Å²) in [5, 5.41) is 13.2. The van der Waals surface area contributed by atoms with Crippen molar-refractivity contribution in [3.05, 3.63) is 60.0 Å². The van der Waals surface area contributed by atoms with Crippen molar-refractivity contribution in [2.24, 2.45) is 0 Å². The van der Waals surface area contributed by atoms with Crippen LogP contribution in [0.2, 0.25) is 0 Å². The zero-order valence-electron chi connectivity index (χ0n) is 21.0. The van der Waals surface area contributed by atoms with Crippen molar-refractivity contribution in [1.29, 1.82) is 0 Å². The van der Waals surface area contributed by atoms with Gasteiger partial charge in [0.1, 0.15) is 22.9 Å². The average Bonchev–Trinajstić information content (AvgIpc) is 3.42. The van der Waals surface area contributed by atoms with Crippen molar-refractivity contribution < 1.29 is 28.8 Å². The number of pyridine rings is 1. The van der Waals surface area contributed by atoms with Crippen molar-refractivity contribution in [2.45, 2.75) is 19.6 Å². The summed E-state index contributed by atoms with van der Waals surface area (Å²) in [5.41, 5.74) is 4.92. The zero-order valence-corrected chi connectivity index (χ0v) is 21.8. The fourth-order valence-corrected chi connectivity index (χ4v) is 5.42. The van der Waals surface area contributed by atoms with Crippen LogP contribution in [0.1, 0.15) is 11.1 Å². The Hall–Kier alpha value is -4.55. The summed E-state index contributed by atoms with van der Waals surface area (Å²) < 4.78 is 23.6. The first-order chi connectivity index (χ1) is 19.0. The Labute approximate surface area is 226 Å². The summed E-state index contributed by atoms with van der Waals surface area (Å²) in [6, 6.07) is 8.95. The van der Waals surface area contributed by atoms with Crippen molar-refractivity contribution in [3.8, 4) is 28.0 Å². The van der Waals surface area contributed by atoms with Crippen LogP contribution in [-0.4, -0.2) is 57.6 Å². The SMILES string of the molecule is COc1cnc2c(-c3nc4c(C)cc5c(c4s3)OC[C@H](COC(=O)Nc3cccnc3)O5)cc(CO)cc2n1. The number of nitrogens with one attached hydrogen (secondary N) is 1. The summed E-state index contributed by atoms with van der Waals surface area (Å²) in [7, 11) is 1.53. The lowest BCUT2D eigenvalue weighted by Crippen LogP contribution is -2.35. The highest BCUT2D eigenvalue weighted by atomic mass is 32.1. The molecule has 11 nitrogen and oxygen atoms in total. The monoisotopic (exact) mass is 545 g/mol. The molecule has 1 aliphatic rings. The van der Waals surface area contributed by atoms with E-state index in [1.165, 1.54) is 24.6 Å². The fourth-order valence-electron chi connectivity index (χ4n) is 4.27. The van der Waals surface area contributed by atoms with E-state index < -0.39 is 12.2 Å². The summed E-state index contributed by atoms with van der Waals surface area (Å²) in [5.74, 6) is 1.53. The lowest BCUT2D eigenvalue weighted by Gasteiger charge is -2.26. The normalized spacial score (nSPS) is 14.4. The first kappa shape index (κ1) is 24.8. The van der Waals surface area contributed by atoms with Crippen LogP contribution in [-0.2, 0) is 11.3 Å². The number of anilines is 1. The molecule has 5 aromatic rings. The molecule has 3 aromatic heterocycles. The smallest absolute Gasteiger partial charge is 0.411 e. The highest BCUT2D eigenvalue weighted by molar-refractivity contribution is 7.22. The maximum atomic E-state index is 12.1. The van der Waals surface area contributed by atoms with E-state index in [0.717, 1.165) is 21.3 Å². The molecular weight excluding hydrogens is 522 g/mol. The second kappa shape index (κ2) is 10.3. The van der Waals surface area contributed by atoms with Gasteiger partial charge in [0.25, 0.3) is 0 Å². The molecule has 0 bridgehead atoms. The Morgan fingerprint density at radius 2 is 2.13 bits per heavy atom. The van der Waals surface area contributed by atoms with E-state index in [1.54, 1.807) is 30.6 Å². The second-order valence-corrected chi connectivity index (χ2v) is 9.81. The number of hydrogen-bond donors (Lipinski definition) is 2. The summed E-state index contributed by atoms with van der Waals surface area (Å²) >= 11 is 1.45. The number of benzene rings is 2. The van der Waals surface area contributed by atoms with Crippen molar-refractivity contribution in [2.75, 3.05) is 25.6 Å². The first-order valence-corrected chi connectivity index (χ1v) is 12.9. The molecule has 0 radical (unpaired) electrons. The van der Waals surface area contributed by atoms with Crippen LogP contribution in [0.3, 0.4) is 0 Å². The molecule has 1 amide bonds. The van der Waals surface area contributed by atoms with Gasteiger partial charge in [-0.15, -0.1) is 11.3 Å². The number of methoxy groups -OCH3 is 1.